The molecule has 0 amide bonds. The molecule has 1 N–H and O–H groups in total. The second-order valence-electron chi connectivity index (χ2n) is 5.25. The van der Waals surface area contributed by atoms with Crippen molar-refractivity contribution in [3.8, 4) is 0 Å². The smallest absolute Gasteiger partial charge is 0.0138 e. The Morgan fingerprint density at radius 1 is 1.56 bits per heavy atom. The van der Waals surface area contributed by atoms with Crippen LogP contribution in [0.15, 0.2) is 29.0 Å². The predicted octanol–water partition coefficient (Wildman–Crippen LogP) is 3.23. The van der Waals surface area contributed by atoms with Crippen LogP contribution in [0.25, 0.3) is 0 Å². The highest BCUT2D eigenvalue weighted by atomic mass is 32.1. The Labute approximate surface area is 102 Å². The summed E-state index contributed by atoms with van der Waals surface area (Å²) >= 11 is 1.80. The first-order chi connectivity index (χ1) is 7.83. The van der Waals surface area contributed by atoms with Gasteiger partial charge < -0.3 is 5.32 Å². The fourth-order valence-electron chi connectivity index (χ4n) is 3.09. The number of allylic oxidation sites excluding steroid dienone is 1. The van der Waals surface area contributed by atoms with Gasteiger partial charge in [0.1, 0.15) is 0 Å². The Hall–Kier alpha value is -0.600. The second kappa shape index (κ2) is 4.34. The van der Waals surface area contributed by atoms with E-state index in [0.29, 0.717) is 6.04 Å². The lowest BCUT2D eigenvalue weighted by Crippen LogP contribution is -2.51. The van der Waals surface area contributed by atoms with Crippen molar-refractivity contribution in [3.05, 3.63) is 34.5 Å². The van der Waals surface area contributed by atoms with E-state index in [1.54, 1.807) is 11.3 Å². The van der Waals surface area contributed by atoms with Gasteiger partial charge in [-0.1, -0.05) is 12.2 Å². The van der Waals surface area contributed by atoms with E-state index in [1.165, 1.54) is 24.8 Å². The molecule has 0 saturated heterocycles. The van der Waals surface area contributed by atoms with Crippen LogP contribution < -0.4 is 5.32 Å². The molecule has 0 spiro atoms. The highest BCUT2D eigenvalue weighted by molar-refractivity contribution is 7.07. The van der Waals surface area contributed by atoms with Gasteiger partial charge in [-0.05, 0) is 60.4 Å². The van der Waals surface area contributed by atoms with Gasteiger partial charge in [0.15, 0.2) is 0 Å². The van der Waals surface area contributed by atoms with Gasteiger partial charge in [0.2, 0.25) is 0 Å². The van der Waals surface area contributed by atoms with Gasteiger partial charge in [-0.25, -0.2) is 0 Å². The topological polar surface area (TPSA) is 12.0 Å². The lowest BCUT2D eigenvalue weighted by molar-refractivity contribution is 0.152. The molecule has 4 atom stereocenters. The first-order valence-corrected chi connectivity index (χ1v) is 7.21. The van der Waals surface area contributed by atoms with Crippen molar-refractivity contribution in [2.45, 2.75) is 38.3 Å². The Kier molecular flexibility index (Phi) is 2.86. The monoisotopic (exact) mass is 233 g/mol. The van der Waals surface area contributed by atoms with Crippen LogP contribution >= 0.6 is 11.3 Å². The molecule has 1 heterocycles. The van der Waals surface area contributed by atoms with Gasteiger partial charge in [-0.3, -0.25) is 0 Å². The number of rotatable bonds is 4. The number of hydrogen-bond donors (Lipinski definition) is 1. The van der Waals surface area contributed by atoms with E-state index >= 15 is 0 Å². The highest BCUT2D eigenvalue weighted by Gasteiger charge is 2.41. The third-order valence-corrected chi connectivity index (χ3v) is 4.72. The Morgan fingerprint density at radius 3 is 3.25 bits per heavy atom. The molecule has 1 aromatic rings. The van der Waals surface area contributed by atoms with Crippen LogP contribution in [0, 0.1) is 11.8 Å². The third-order valence-electron chi connectivity index (χ3n) is 3.98. The van der Waals surface area contributed by atoms with E-state index < -0.39 is 0 Å². The molecule has 86 valence electrons. The van der Waals surface area contributed by atoms with Gasteiger partial charge in [0.25, 0.3) is 0 Å². The molecule has 2 aliphatic rings. The number of nitrogens with one attached hydrogen (secondary N) is 1. The van der Waals surface area contributed by atoms with Crippen LogP contribution in [0.1, 0.15) is 25.3 Å². The van der Waals surface area contributed by atoms with E-state index in [-0.39, 0.29) is 0 Å². The molecule has 0 aromatic carbocycles. The van der Waals surface area contributed by atoms with Crippen LogP contribution in [-0.4, -0.2) is 12.1 Å². The van der Waals surface area contributed by atoms with Crippen molar-refractivity contribution in [2.24, 2.45) is 11.8 Å². The van der Waals surface area contributed by atoms with Crippen molar-refractivity contribution in [3.63, 3.8) is 0 Å². The molecule has 2 heteroatoms. The summed E-state index contributed by atoms with van der Waals surface area (Å²) in [5.41, 5.74) is 1.47. The summed E-state index contributed by atoms with van der Waals surface area (Å²) in [5, 5.41) is 8.21. The second-order valence-corrected chi connectivity index (χ2v) is 6.03. The van der Waals surface area contributed by atoms with E-state index in [9.17, 15) is 0 Å². The molecular formula is C14H19NS. The van der Waals surface area contributed by atoms with Crippen molar-refractivity contribution in [1.29, 1.82) is 0 Å². The maximum absolute atomic E-state index is 3.78. The van der Waals surface area contributed by atoms with Gasteiger partial charge in [0.05, 0.1) is 0 Å². The minimum Gasteiger partial charge on any atom is -0.311 e. The summed E-state index contributed by atoms with van der Waals surface area (Å²) in [5.74, 6) is 1.80. The standard InChI is InChI=1S/C14H19NS/c1-10(7-11-5-6-16-9-11)15-14-8-12-3-2-4-13(12)14/h2,4-6,9-10,12-15H,3,7-8H2,1H3. The lowest BCUT2D eigenvalue weighted by atomic mass is 9.71. The molecule has 1 saturated carbocycles. The van der Waals surface area contributed by atoms with Crippen LogP contribution in [0.3, 0.4) is 0 Å². The summed E-state index contributed by atoms with van der Waals surface area (Å²) in [6.45, 7) is 2.31. The predicted molar refractivity (Wildman–Crippen MR) is 69.8 cm³/mol. The normalized spacial score (nSPS) is 33.4. The summed E-state index contributed by atoms with van der Waals surface area (Å²) < 4.78 is 0. The fraction of sp³-hybridized carbons (Fsp3) is 0.571. The van der Waals surface area contributed by atoms with Crippen molar-refractivity contribution in [1.82, 2.24) is 5.32 Å². The summed E-state index contributed by atoms with van der Waals surface area (Å²) in [6.07, 6.45) is 8.65. The van der Waals surface area contributed by atoms with Crippen molar-refractivity contribution in [2.75, 3.05) is 0 Å². The summed E-state index contributed by atoms with van der Waals surface area (Å²) in [4.78, 5) is 0. The maximum atomic E-state index is 3.78. The number of hydrogen-bond acceptors (Lipinski definition) is 2. The fourth-order valence-corrected chi connectivity index (χ4v) is 3.78. The van der Waals surface area contributed by atoms with E-state index in [2.05, 4.69) is 41.2 Å². The van der Waals surface area contributed by atoms with Gasteiger partial charge in [-0.15, -0.1) is 0 Å². The van der Waals surface area contributed by atoms with Gasteiger partial charge in [-0.2, -0.15) is 11.3 Å². The third kappa shape index (κ3) is 1.96. The van der Waals surface area contributed by atoms with Crippen LogP contribution in [0.5, 0.6) is 0 Å². The molecule has 0 aliphatic heterocycles. The minimum atomic E-state index is 0.606. The largest absolute Gasteiger partial charge is 0.311 e. The first-order valence-electron chi connectivity index (χ1n) is 6.26. The van der Waals surface area contributed by atoms with Crippen LogP contribution in [-0.2, 0) is 6.42 Å². The van der Waals surface area contributed by atoms with Crippen molar-refractivity contribution < 1.29 is 0 Å². The molecule has 1 nitrogen and oxygen atoms in total. The lowest BCUT2D eigenvalue weighted by Gasteiger charge is -2.42. The van der Waals surface area contributed by atoms with Crippen molar-refractivity contribution >= 4 is 11.3 Å². The first kappa shape index (κ1) is 10.5. The van der Waals surface area contributed by atoms with Gasteiger partial charge >= 0.3 is 0 Å². The maximum Gasteiger partial charge on any atom is 0.0138 e. The molecule has 3 rings (SSSR count). The molecule has 2 aliphatic carbocycles. The zero-order valence-corrected chi connectivity index (χ0v) is 10.5. The Bertz CT molecular complexity index is 368. The van der Waals surface area contributed by atoms with E-state index in [1.807, 2.05) is 0 Å². The molecular weight excluding hydrogens is 214 g/mol. The van der Waals surface area contributed by atoms with Crippen LogP contribution in [0.4, 0.5) is 0 Å². The minimum absolute atomic E-state index is 0.606. The Morgan fingerprint density at radius 2 is 2.50 bits per heavy atom. The van der Waals surface area contributed by atoms with E-state index in [0.717, 1.165) is 17.9 Å². The Balaban J connectivity index is 1.50. The molecule has 1 fully saturated rings. The average Bonchev–Trinajstić information content (AvgIpc) is 2.84. The highest BCUT2D eigenvalue weighted by Crippen LogP contribution is 2.42. The zero-order chi connectivity index (χ0) is 11.0. The molecule has 0 bridgehead atoms. The summed E-state index contributed by atoms with van der Waals surface area (Å²) in [6, 6.07) is 3.59. The van der Waals surface area contributed by atoms with Gasteiger partial charge in [0, 0.05) is 12.1 Å². The van der Waals surface area contributed by atoms with E-state index in [4.69, 9.17) is 0 Å². The molecule has 4 unspecified atom stereocenters. The molecule has 16 heavy (non-hydrogen) atoms. The molecule has 1 aromatic heterocycles. The number of thiophene rings is 1. The SMILES string of the molecule is CC(Cc1ccsc1)NC1CC2CC=CC21. The summed E-state index contributed by atoms with van der Waals surface area (Å²) in [7, 11) is 0. The quantitative estimate of drug-likeness (QED) is 0.787. The average molecular weight is 233 g/mol. The zero-order valence-electron chi connectivity index (χ0n) is 9.73. The van der Waals surface area contributed by atoms with Crippen LogP contribution in [0.2, 0.25) is 0 Å². The number of fused-ring (bicyclic) bond motifs is 1. The molecule has 0 radical (unpaired) electrons.